The maximum atomic E-state index is 12.3. The minimum Gasteiger partial charge on any atom is -0.493 e. The predicted molar refractivity (Wildman–Crippen MR) is 77.4 cm³/mol. The second-order valence-corrected chi connectivity index (χ2v) is 6.17. The molecule has 0 saturated heterocycles. The molecule has 0 radical (unpaired) electrons. The lowest BCUT2D eigenvalue weighted by molar-refractivity contribution is 0.0679. The number of aliphatic hydroxyl groups excluding tert-OH is 1. The Kier molecular flexibility index (Phi) is 6.41. The van der Waals surface area contributed by atoms with Gasteiger partial charge in [0.25, 0.3) is 0 Å². The largest absolute Gasteiger partial charge is 0.493 e. The fourth-order valence-corrected chi connectivity index (χ4v) is 3.10. The van der Waals surface area contributed by atoms with Crippen LogP contribution < -0.4 is 14.2 Å². The molecule has 1 atom stereocenters. The van der Waals surface area contributed by atoms with Crippen molar-refractivity contribution < 1.29 is 27.7 Å². The van der Waals surface area contributed by atoms with E-state index in [0.29, 0.717) is 17.1 Å². The number of rotatable bonds is 8. The summed E-state index contributed by atoms with van der Waals surface area (Å²) in [5.74, 6) is 0.772. The van der Waals surface area contributed by atoms with Gasteiger partial charge in [-0.2, -0.15) is 0 Å². The fraction of sp³-hybridized carbons (Fsp3) is 0.538. The summed E-state index contributed by atoms with van der Waals surface area (Å²) < 4.78 is 41.8. The van der Waals surface area contributed by atoms with Crippen LogP contribution in [0, 0.1) is 6.92 Å². The normalized spacial score (nSPS) is 13.0. The highest BCUT2D eigenvalue weighted by Crippen LogP contribution is 2.32. The Balaban J connectivity index is 3.02. The van der Waals surface area contributed by atoms with Crippen LogP contribution in [0.2, 0.25) is 0 Å². The first-order valence-electron chi connectivity index (χ1n) is 6.25. The summed E-state index contributed by atoms with van der Waals surface area (Å²) in [6, 6.07) is 2.97. The molecule has 0 aliphatic rings. The van der Waals surface area contributed by atoms with Crippen molar-refractivity contribution in [2.45, 2.75) is 17.9 Å². The molecule has 0 heterocycles. The molecule has 0 spiro atoms. The molecule has 0 bridgehead atoms. The standard InChI is InChI=1S/C13H21NO6S/c1-9-5-11(19-3)12(20-4)6-13(9)21(16,17)14-7-10(15)8-18-2/h5-6,10,14-15H,7-8H2,1-4H3. The highest BCUT2D eigenvalue weighted by Gasteiger charge is 2.21. The molecule has 0 aromatic heterocycles. The quantitative estimate of drug-likeness (QED) is 0.716. The van der Waals surface area contributed by atoms with Crippen molar-refractivity contribution in [3.63, 3.8) is 0 Å². The van der Waals surface area contributed by atoms with Gasteiger partial charge in [-0.1, -0.05) is 0 Å². The van der Waals surface area contributed by atoms with Gasteiger partial charge in [-0.15, -0.1) is 0 Å². The van der Waals surface area contributed by atoms with Gasteiger partial charge in [-0.05, 0) is 18.6 Å². The summed E-state index contributed by atoms with van der Waals surface area (Å²) in [5, 5.41) is 9.52. The average Bonchev–Trinajstić information content (AvgIpc) is 2.45. The van der Waals surface area contributed by atoms with Crippen molar-refractivity contribution in [2.75, 3.05) is 34.5 Å². The second-order valence-electron chi connectivity index (χ2n) is 4.43. The van der Waals surface area contributed by atoms with Crippen LogP contribution in [0.15, 0.2) is 17.0 Å². The summed E-state index contributed by atoms with van der Waals surface area (Å²) in [7, 11) is 0.571. The van der Waals surface area contributed by atoms with Crippen LogP contribution in [0.3, 0.4) is 0 Å². The molecule has 1 aromatic rings. The Labute approximate surface area is 124 Å². The van der Waals surface area contributed by atoms with Gasteiger partial charge in [-0.25, -0.2) is 13.1 Å². The molecule has 8 heteroatoms. The molecule has 0 aliphatic heterocycles. The van der Waals surface area contributed by atoms with Gasteiger partial charge < -0.3 is 19.3 Å². The minimum absolute atomic E-state index is 0.0490. The van der Waals surface area contributed by atoms with E-state index in [1.165, 1.54) is 27.4 Å². The SMILES string of the molecule is COCC(O)CNS(=O)(=O)c1cc(OC)c(OC)cc1C. The third-order valence-corrected chi connectivity index (χ3v) is 4.40. The van der Waals surface area contributed by atoms with Crippen LogP contribution in [-0.2, 0) is 14.8 Å². The Hall–Kier alpha value is -1.35. The third-order valence-electron chi connectivity index (χ3n) is 2.84. The zero-order valence-electron chi connectivity index (χ0n) is 12.5. The number of aliphatic hydroxyl groups is 1. The zero-order valence-corrected chi connectivity index (χ0v) is 13.4. The number of benzene rings is 1. The first kappa shape index (κ1) is 17.7. The van der Waals surface area contributed by atoms with Crippen LogP contribution in [0.4, 0.5) is 0 Å². The van der Waals surface area contributed by atoms with Crippen LogP contribution in [0.5, 0.6) is 11.5 Å². The molecular formula is C13H21NO6S. The Morgan fingerprint density at radius 1 is 1.19 bits per heavy atom. The van der Waals surface area contributed by atoms with Gasteiger partial charge in [0.2, 0.25) is 10.0 Å². The van der Waals surface area contributed by atoms with Gasteiger partial charge in [-0.3, -0.25) is 0 Å². The Morgan fingerprint density at radius 2 is 1.76 bits per heavy atom. The highest BCUT2D eigenvalue weighted by molar-refractivity contribution is 7.89. The first-order valence-corrected chi connectivity index (χ1v) is 7.73. The maximum Gasteiger partial charge on any atom is 0.241 e. The number of methoxy groups -OCH3 is 3. The van der Waals surface area contributed by atoms with E-state index in [9.17, 15) is 13.5 Å². The van der Waals surface area contributed by atoms with Crippen molar-refractivity contribution >= 4 is 10.0 Å². The summed E-state index contributed by atoms with van der Waals surface area (Å²) in [4.78, 5) is 0.0739. The minimum atomic E-state index is -3.76. The van der Waals surface area contributed by atoms with Gasteiger partial charge in [0, 0.05) is 19.7 Å². The molecule has 1 aromatic carbocycles. The van der Waals surface area contributed by atoms with Gasteiger partial charge in [0.1, 0.15) is 0 Å². The van der Waals surface area contributed by atoms with Crippen molar-refractivity contribution in [1.29, 1.82) is 0 Å². The number of aryl methyl sites for hydroxylation is 1. The van der Waals surface area contributed by atoms with Gasteiger partial charge in [0.05, 0.1) is 31.8 Å². The average molecular weight is 319 g/mol. The summed E-state index contributed by atoms with van der Waals surface area (Å²) >= 11 is 0. The van der Waals surface area contributed by atoms with Crippen LogP contribution in [-0.4, -0.2) is 54.1 Å². The van der Waals surface area contributed by atoms with Crippen molar-refractivity contribution in [2.24, 2.45) is 0 Å². The molecule has 0 amide bonds. The van der Waals surface area contributed by atoms with E-state index in [4.69, 9.17) is 14.2 Å². The van der Waals surface area contributed by atoms with E-state index in [2.05, 4.69) is 4.72 Å². The molecule has 0 saturated carbocycles. The molecule has 2 N–H and O–H groups in total. The lowest BCUT2D eigenvalue weighted by atomic mass is 10.2. The zero-order chi connectivity index (χ0) is 16.0. The Bertz CT molecular complexity index is 572. The third kappa shape index (κ3) is 4.57. The van der Waals surface area contributed by atoms with E-state index >= 15 is 0 Å². The summed E-state index contributed by atoms with van der Waals surface area (Å²) in [5.41, 5.74) is 0.515. The monoisotopic (exact) mass is 319 g/mol. The first-order chi connectivity index (χ1) is 9.85. The molecule has 21 heavy (non-hydrogen) atoms. The number of hydrogen-bond donors (Lipinski definition) is 2. The van der Waals surface area contributed by atoms with Gasteiger partial charge >= 0.3 is 0 Å². The summed E-state index contributed by atoms with van der Waals surface area (Å²) in [6.45, 7) is 1.57. The molecule has 120 valence electrons. The number of sulfonamides is 1. The molecule has 7 nitrogen and oxygen atoms in total. The van der Waals surface area contributed by atoms with Crippen molar-refractivity contribution in [3.8, 4) is 11.5 Å². The number of nitrogens with one attached hydrogen (secondary N) is 1. The topological polar surface area (TPSA) is 94.1 Å². The van der Waals surface area contributed by atoms with Crippen LogP contribution >= 0.6 is 0 Å². The Morgan fingerprint density at radius 3 is 2.29 bits per heavy atom. The van der Waals surface area contributed by atoms with Crippen LogP contribution in [0.1, 0.15) is 5.56 Å². The second kappa shape index (κ2) is 7.60. The van der Waals surface area contributed by atoms with E-state index in [1.807, 2.05) is 0 Å². The number of hydrogen-bond acceptors (Lipinski definition) is 6. The lowest BCUT2D eigenvalue weighted by Crippen LogP contribution is -2.34. The lowest BCUT2D eigenvalue weighted by Gasteiger charge is -2.15. The smallest absolute Gasteiger partial charge is 0.241 e. The van der Waals surface area contributed by atoms with Crippen LogP contribution in [0.25, 0.3) is 0 Å². The fourth-order valence-electron chi connectivity index (χ4n) is 1.79. The molecule has 0 fully saturated rings. The molecule has 0 aliphatic carbocycles. The van der Waals surface area contributed by atoms with E-state index < -0.39 is 16.1 Å². The molecule has 1 unspecified atom stereocenters. The van der Waals surface area contributed by atoms with Gasteiger partial charge in [0.15, 0.2) is 11.5 Å². The number of ether oxygens (including phenoxy) is 3. The highest BCUT2D eigenvalue weighted by atomic mass is 32.2. The van der Waals surface area contributed by atoms with E-state index in [-0.39, 0.29) is 18.0 Å². The maximum absolute atomic E-state index is 12.3. The van der Waals surface area contributed by atoms with Crippen molar-refractivity contribution in [3.05, 3.63) is 17.7 Å². The summed E-state index contributed by atoms with van der Waals surface area (Å²) in [6.07, 6.45) is -0.912. The van der Waals surface area contributed by atoms with Crippen molar-refractivity contribution in [1.82, 2.24) is 4.72 Å². The molecular weight excluding hydrogens is 298 g/mol. The van der Waals surface area contributed by atoms with E-state index in [1.54, 1.807) is 13.0 Å². The predicted octanol–water partition coefficient (Wildman–Crippen LogP) is 0.298. The molecule has 1 rings (SSSR count). The van der Waals surface area contributed by atoms with E-state index in [0.717, 1.165) is 0 Å².